The van der Waals surface area contributed by atoms with Gasteiger partial charge in [0.15, 0.2) is 5.16 Å². The monoisotopic (exact) mass is 379 g/mol. The first-order valence-electron chi connectivity index (χ1n) is 8.56. The Kier molecular flexibility index (Phi) is 6.19. The van der Waals surface area contributed by atoms with Crippen LogP contribution in [0.3, 0.4) is 0 Å². The van der Waals surface area contributed by atoms with Crippen molar-refractivity contribution in [2.75, 3.05) is 19.5 Å². The molecule has 2 aromatic rings. The van der Waals surface area contributed by atoms with Crippen LogP contribution in [0.5, 0.6) is 0 Å². The van der Waals surface area contributed by atoms with Gasteiger partial charge in [-0.1, -0.05) is 11.8 Å². The lowest BCUT2D eigenvalue weighted by Crippen LogP contribution is -2.33. The van der Waals surface area contributed by atoms with Crippen LogP contribution in [0.2, 0.25) is 0 Å². The van der Waals surface area contributed by atoms with Gasteiger partial charge in [0.25, 0.3) is 0 Å². The zero-order valence-electron chi connectivity index (χ0n) is 15.0. The number of imidazole rings is 1. The Morgan fingerprint density at radius 2 is 2.28 bits per heavy atom. The fourth-order valence-corrected chi connectivity index (χ4v) is 4.44. The van der Waals surface area contributed by atoms with Crippen LogP contribution in [-0.4, -0.2) is 45.9 Å². The van der Waals surface area contributed by atoms with Crippen LogP contribution < -0.4 is 0 Å². The van der Waals surface area contributed by atoms with Gasteiger partial charge in [-0.2, -0.15) is 11.3 Å². The van der Waals surface area contributed by atoms with Gasteiger partial charge in [-0.25, -0.2) is 4.98 Å². The first kappa shape index (κ1) is 18.5. The molecule has 1 aliphatic rings. The van der Waals surface area contributed by atoms with Gasteiger partial charge in [-0.3, -0.25) is 4.79 Å². The first-order chi connectivity index (χ1) is 12.1. The van der Waals surface area contributed by atoms with Gasteiger partial charge in [0.05, 0.1) is 18.1 Å². The molecule has 0 N–H and O–H groups in total. The Morgan fingerprint density at radius 3 is 2.92 bits per heavy atom. The molecule has 1 fully saturated rings. The molecule has 2 aromatic heterocycles. The second-order valence-corrected chi connectivity index (χ2v) is 8.11. The average molecular weight is 380 g/mol. The molecule has 0 aromatic carbocycles. The predicted octanol–water partition coefficient (Wildman–Crippen LogP) is 3.49. The van der Waals surface area contributed by atoms with Crippen molar-refractivity contribution >= 4 is 29.0 Å². The summed E-state index contributed by atoms with van der Waals surface area (Å²) in [6.45, 7) is 6.21. The van der Waals surface area contributed by atoms with Gasteiger partial charge in [-0.15, -0.1) is 0 Å². The number of aryl methyl sites for hydroxylation is 1. The van der Waals surface area contributed by atoms with E-state index >= 15 is 0 Å². The molecular formula is C18H25N3O2S2. The number of hydrogen-bond donors (Lipinski definition) is 0. The van der Waals surface area contributed by atoms with Crippen LogP contribution in [0.25, 0.3) is 0 Å². The molecule has 0 radical (unpaired) electrons. The van der Waals surface area contributed by atoms with E-state index in [0.29, 0.717) is 18.4 Å². The minimum atomic E-state index is 0.204. The van der Waals surface area contributed by atoms with Crippen molar-refractivity contribution in [2.24, 2.45) is 0 Å². The van der Waals surface area contributed by atoms with Gasteiger partial charge in [0.1, 0.15) is 0 Å². The highest BCUT2D eigenvalue weighted by Crippen LogP contribution is 2.30. The number of amides is 1. The second-order valence-electron chi connectivity index (χ2n) is 6.38. The predicted molar refractivity (Wildman–Crippen MR) is 102 cm³/mol. The summed E-state index contributed by atoms with van der Waals surface area (Å²) < 4.78 is 7.35. The molecule has 1 saturated carbocycles. The van der Waals surface area contributed by atoms with E-state index in [1.54, 1.807) is 18.4 Å². The highest BCUT2D eigenvalue weighted by Gasteiger charge is 2.32. The normalized spacial score (nSPS) is 14.0. The number of hydrogen-bond acceptors (Lipinski definition) is 5. The van der Waals surface area contributed by atoms with Gasteiger partial charge >= 0.3 is 0 Å². The van der Waals surface area contributed by atoms with E-state index in [4.69, 9.17) is 4.74 Å². The van der Waals surface area contributed by atoms with Crippen LogP contribution in [-0.2, 0) is 22.6 Å². The van der Waals surface area contributed by atoms with E-state index in [1.165, 1.54) is 17.3 Å². The Morgan fingerprint density at radius 1 is 1.48 bits per heavy atom. The number of thioether (sulfide) groups is 1. The summed E-state index contributed by atoms with van der Waals surface area (Å²) in [6, 6.07) is 2.52. The molecule has 0 saturated heterocycles. The zero-order valence-corrected chi connectivity index (χ0v) is 16.7. The number of nitrogens with zero attached hydrogens (tertiary/aromatic N) is 3. The summed E-state index contributed by atoms with van der Waals surface area (Å²) in [6.07, 6.45) is 2.25. The quantitative estimate of drug-likeness (QED) is 0.626. The summed E-state index contributed by atoms with van der Waals surface area (Å²) >= 11 is 3.22. The van der Waals surface area contributed by atoms with Crippen molar-refractivity contribution in [3.05, 3.63) is 33.8 Å². The third-order valence-corrected chi connectivity index (χ3v) is 6.20. The number of ether oxygens (including phenoxy) is 1. The zero-order chi connectivity index (χ0) is 17.8. The lowest BCUT2D eigenvalue weighted by molar-refractivity contribution is -0.129. The Hall–Kier alpha value is -1.31. The lowest BCUT2D eigenvalue weighted by atomic mass is 10.3. The van der Waals surface area contributed by atoms with E-state index in [-0.39, 0.29) is 5.91 Å². The molecule has 0 spiro atoms. The fourth-order valence-electron chi connectivity index (χ4n) is 2.78. The highest BCUT2D eigenvalue weighted by molar-refractivity contribution is 7.99. The Bertz CT molecular complexity index is 708. The van der Waals surface area contributed by atoms with E-state index in [1.807, 2.05) is 11.8 Å². The molecule has 1 aliphatic carbocycles. The summed E-state index contributed by atoms with van der Waals surface area (Å²) in [5, 5.41) is 5.10. The number of aromatic nitrogens is 2. The van der Waals surface area contributed by atoms with Crippen molar-refractivity contribution in [1.82, 2.24) is 14.5 Å². The van der Waals surface area contributed by atoms with Crippen molar-refractivity contribution in [1.29, 1.82) is 0 Å². The molecule has 0 unspecified atom stereocenters. The average Bonchev–Trinajstić information content (AvgIpc) is 3.24. The van der Waals surface area contributed by atoms with Crippen LogP contribution >= 0.6 is 23.1 Å². The van der Waals surface area contributed by atoms with E-state index in [2.05, 4.69) is 33.3 Å². The topological polar surface area (TPSA) is 47.4 Å². The molecular weight excluding hydrogens is 354 g/mol. The molecule has 5 nitrogen and oxygen atoms in total. The van der Waals surface area contributed by atoms with Crippen LogP contribution in [0.1, 0.15) is 29.8 Å². The smallest absolute Gasteiger partial charge is 0.233 e. The molecule has 25 heavy (non-hydrogen) atoms. The van der Waals surface area contributed by atoms with Crippen molar-refractivity contribution < 1.29 is 9.53 Å². The standard InChI is InChI=1S/C18H25N3O2S2/c1-13-14(2)20(7-8-23-3)18(19-13)25-12-17(22)21(16-4-5-16)10-15-6-9-24-11-15/h6,9,11,16H,4-5,7-8,10,12H2,1-3H3. The minimum Gasteiger partial charge on any atom is -0.383 e. The van der Waals surface area contributed by atoms with Crippen molar-refractivity contribution in [2.45, 2.75) is 51.0 Å². The minimum absolute atomic E-state index is 0.204. The number of carbonyl (C=O) groups is 1. The van der Waals surface area contributed by atoms with Gasteiger partial charge in [-0.05, 0) is 49.1 Å². The van der Waals surface area contributed by atoms with Gasteiger partial charge in [0.2, 0.25) is 5.91 Å². The largest absolute Gasteiger partial charge is 0.383 e. The molecule has 0 bridgehead atoms. The second kappa shape index (κ2) is 8.38. The summed E-state index contributed by atoms with van der Waals surface area (Å²) in [7, 11) is 1.70. The SMILES string of the molecule is COCCn1c(SCC(=O)N(Cc2ccsc2)C2CC2)nc(C)c1C. The van der Waals surface area contributed by atoms with Gasteiger partial charge < -0.3 is 14.2 Å². The summed E-state index contributed by atoms with van der Waals surface area (Å²) in [5.74, 6) is 0.638. The van der Waals surface area contributed by atoms with Gasteiger partial charge in [0, 0.05) is 31.9 Å². The maximum absolute atomic E-state index is 12.8. The number of thiophene rings is 1. The molecule has 136 valence electrons. The summed E-state index contributed by atoms with van der Waals surface area (Å²) in [5.41, 5.74) is 3.39. The molecule has 3 rings (SSSR count). The molecule has 0 atom stereocenters. The van der Waals surface area contributed by atoms with E-state index in [0.717, 1.165) is 42.5 Å². The molecule has 0 aliphatic heterocycles. The van der Waals surface area contributed by atoms with E-state index in [9.17, 15) is 4.79 Å². The van der Waals surface area contributed by atoms with Crippen LogP contribution in [0, 0.1) is 13.8 Å². The van der Waals surface area contributed by atoms with Crippen molar-refractivity contribution in [3.63, 3.8) is 0 Å². The van der Waals surface area contributed by atoms with E-state index < -0.39 is 0 Å². The fraction of sp³-hybridized carbons (Fsp3) is 0.556. The van der Waals surface area contributed by atoms with Crippen LogP contribution in [0.4, 0.5) is 0 Å². The van der Waals surface area contributed by atoms with Crippen LogP contribution in [0.15, 0.2) is 22.0 Å². The number of rotatable bonds is 9. The maximum atomic E-state index is 12.8. The Labute approximate surface area is 157 Å². The van der Waals surface area contributed by atoms with Crippen molar-refractivity contribution in [3.8, 4) is 0 Å². The highest BCUT2D eigenvalue weighted by atomic mass is 32.2. The summed E-state index contributed by atoms with van der Waals surface area (Å²) in [4.78, 5) is 19.5. The third-order valence-electron chi connectivity index (χ3n) is 4.51. The number of carbonyl (C=O) groups excluding carboxylic acids is 1. The molecule has 2 heterocycles. The third kappa shape index (κ3) is 4.65. The molecule has 1 amide bonds. The molecule has 7 heteroatoms. The Balaban J connectivity index is 1.63. The maximum Gasteiger partial charge on any atom is 0.233 e. The first-order valence-corrected chi connectivity index (χ1v) is 10.5. The number of methoxy groups -OCH3 is 1. The lowest BCUT2D eigenvalue weighted by Gasteiger charge is -2.22.